The Morgan fingerprint density at radius 2 is 1.96 bits per heavy atom. The number of aryl methyl sites for hydroxylation is 1. The molecule has 0 saturated heterocycles. The summed E-state index contributed by atoms with van der Waals surface area (Å²) in [5.74, 6) is 0.501. The van der Waals surface area contributed by atoms with Gasteiger partial charge in [0.1, 0.15) is 17.1 Å². The Morgan fingerprint density at radius 3 is 2.68 bits per heavy atom. The molecule has 3 rings (SSSR count). The van der Waals surface area contributed by atoms with Gasteiger partial charge in [-0.2, -0.15) is 0 Å². The first kappa shape index (κ1) is 16.7. The van der Waals surface area contributed by atoms with Crippen molar-refractivity contribution in [2.75, 3.05) is 11.9 Å². The number of fused-ring (bicyclic) bond motifs is 1. The summed E-state index contributed by atoms with van der Waals surface area (Å²) in [6, 6.07) is 12.6. The van der Waals surface area contributed by atoms with Crippen LogP contribution in [0, 0.1) is 6.92 Å². The van der Waals surface area contributed by atoms with E-state index in [1.807, 2.05) is 37.3 Å². The highest BCUT2D eigenvalue weighted by Crippen LogP contribution is 2.14. The lowest BCUT2D eigenvalue weighted by Crippen LogP contribution is -2.25. The summed E-state index contributed by atoms with van der Waals surface area (Å²) in [6.45, 7) is 4.22. The molecule has 2 heterocycles. The first-order valence-corrected chi connectivity index (χ1v) is 8.08. The summed E-state index contributed by atoms with van der Waals surface area (Å²) in [5.41, 5.74) is 1.81. The number of rotatable bonds is 5. The quantitative estimate of drug-likeness (QED) is 0.777. The molecular weight excluding hydrogens is 318 g/mol. The van der Waals surface area contributed by atoms with Gasteiger partial charge in [0.15, 0.2) is 0 Å². The molecule has 0 bridgehead atoms. The van der Waals surface area contributed by atoms with Gasteiger partial charge in [-0.25, -0.2) is 4.98 Å². The van der Waals surface area contributed by atoms with E-state index in [0.717, 1.165) is 11.3 Å². The molecule has 1 aromatic carbocycles. The van der Waals surface area contributed by atoms with Crippen LogP contribution in [0.5, 0.6) is 5.75 Å². The van der Waals surface area contributed by atoms with E-state index in [4.69, 9.17) is 4.74 Å². The molecule has 0 saturated carbocycles. The number of nitrogens with zero attached hydrogens (tertiary/aromatic N) is 2. The van der Waals surface area contributed by atoms with Gasteiger partial charge < -0.3 is 10.1 Å². The van der Waals surface area contributed by atoms with Crippen molar-refractivity contribution in [2.24, 2.45) is 0 Å². The predicted molar refractivity (Wildman–Crippen MR) is 96.1 cm³/mol. The van der Waals surface area contributed by atoms with Crippen LogP contribution >= 0.6 is 0 Å². The van der Waals surface area contributed by atoms with Gasteiger partial charge in [-0.1, -0.05) is 18.2 Å². The lowest BCUT2D eigenvalue weighted by Gasteiger charge is -2.10. The van der Waals surface area contributed by atoms with Crippen LogP contribution in [0.25, 0.3) is 5.65 Å². The third kappa shape index (κ3) is 3.68. The van der Waals surface area contributed by atoms with Crippen molar-refractivity contribution in [2.45, 2.75) is 20.3 Å². The Bertz CT molecular complexity index is 962. The average Bonchev–Trinajstić information content (AvgIpc) is 2.60. The lowest BCUT2D eigenvalue weighted by atomic mass is 10.1. The molecule has 0 radical (unpaired) electrons. The number of hydrogen-bond donors (Lipinski definition) is 1. The molecule has 6 nitrogen and oxygen atoms in total. The second-order valence-electron chi connectivity index (χ2n) is 5.61. The molecule has 0 unspecified atom stereocenters. The number of carbonyl (C=O) groups is 1. The molecule has 6 heteroatoms. The number of anilines is 1. The SMILES string of the molecule is CCOc1ccc(CC(=O)Nc2c(C)nc3ccccn3c2=O)cc1. The highest BCUT2D eigenvalue weighted by Gasteiger charge is 2.13. The molecule has 2 aromatic heterocycles. The maximum atomic E-state index is 12.5. The van der Waals surface area contributed by atoms with Crippen LogP contribution in [-0.4, -0.2) is 21.9 Å². The normalized spacial score (nSPS) is 10.6. The van der Waals surface area contributed by atoms with Crippen LogP contribution in [0.3, 0.4) is 0 Å². The molecule has 0 aliphatic rings. The number of ether oxygens (including phenoxy) is 1. The van der Waals surface area contributed by atoms with Crippen molar-refractivity contribution in [1.29, 1.82) is 0 Å². The minimum atomic E-state index is -0.289. The summed E-state index contributed by atoms with van der Waals surface area (Å²) in [7, 11) is 0. The molecule has 0 fully saturated rings. The summed E-state index contributed by atoms with van der Waals surface area (Å²) in [5, 5.41) is 2.69. The highest BCUT2D eigenvalue weighted by atomic mass is 16.5. The van der Waals surface area contributed by atoms with Crippen molar-refractivity contribution < 1.29 is 9.53 Å². The Labute approximate surface area is 145 Å². The number of pyridine rings is 1. The van der Waals surface area contributed by atoms with E-state index in [-0.39, 0.29) is 23.6 Å². The standard InChI is InChI=1S/C19H19N3O3/c1-3-25-15-9-7-14(8-10-15)12-17(23)21-18-13(2)20-16-6-4-5-11-22(16)19(18)24/h4-11H,3,12H2,1-2H3,(H,21,23). The van der Waals surface area contributed by atoms with E-state index in [2.05, 4.69) is 10.3 Å². The number of benzene rings is 1. The zero-order valence-corrected chi connectivity index (χ0v) is 14.2. The Hall–Kier alpha value is -3.15. The van der Waals surface area contributed by atoms with Crippen molar-refractivity contribution in [1.82, 2.24) is 9.38 Å². The molecule has 0 atom stereocenters. The minimum Gasteiger partial charge on any atom is -0.494 e. The summed E-state index contributed by atoms with van der Waals surface area (Å²) >= 11 is 0. The number of hydrogen-bond acceptors (Lipinski definition) is 4. The first-order valence-electron chi connectivity index (χ1n) is 8.08. The fourth-order valence-corrected chi connectivity index (χ4v) is 2.58. The molecular formula is C19H19N3O3. The number of amides is 1. The molecule has 0 spiro atoms. The van der Waals surface area contributed by atoms with Crippen molar-refractivity contribution in [3.05, 3.63) is 70.3 Å². The minimum absolute atomic E-state index is 0.169. The fraction of sp³-hybridized carbons (Fsp3) is 0.211. The predicted octanol–water partition coefficient (Wildman–Crippen LogP) is 2.58. The van der Waals surface area contributed by atoms with Crippen LogP contribution in [0.15, 0.2) is 53.5 Å². The van der Waals surface area contributed by atoms with Gasteiger partial charge in [-0.05, 0) is 43.7 Å². The van der Waals surface area contributed by atoms with Gasteiger partial charge in [0, 0.05) is 6.20 Å². The van der Waals surface area contributed by atoms with E-state index < -0.39 is 0 Å². The van der Waals surface area contributed by atoms with E-state index >= 15 is 0 Å². The fourth-order valence-electron chi connectivity index (χ4n) is 2.58. The zero-order valence-electron chi connectivity index (χ0n) is 14.2. The second-order valence-corrected chi connectivity index (χ2v) is 5.61. The van der Waals surface area contributed by atoms with Crippen LogP contribution in [0.2, 0.25) is 0 Å². The van der Waals surface area contributed by atoms with Gasteiger partial charge in [0.05, 0.1) is 18.7 Å². The summed E-state index contributed by atoms with van der Waals surface area (Å²) < 4.78 is 6.80. The van der Waals surface area contributed by atoms with E-state index in [9.17, 15) is 9.59 Å². The average molecular weight is 337 g/mol. The lowest BCUT2D eigenvalue weighted by molar-refractivity contribution is -0.115. The van der Waals surface area contributed by atoms with Crippen molar-refractivity contribution >= 4 is 17.2 Å². The van der Waals surface area contributed by atoms with Gasteiger partial charge in [0.25, 0.3) is 5.56 Å². The van der Waals surface area contributed by atoms with E-state index in [0.29, 0.717) is 17.9 Å². The van der Waals surface area contributed by atoms with Crippen LogP contribution in [-0.2, 0) is 11.2 Å². The molecule has 3 aromatic rings. The Balaban J connectivity index is 1.79. The maximum Gasteiger partial charge on any atom is 0.281 e. The van der Waals surface area contributed by atoms with E-state index in [1.54, 1.807) is 25.3 Å². The third-order valence-corrected chi connectivity index (χ3v) is 3.78. The Kier molecular flexibility index (Phi) is 4.79. The Morgan fingerprint density at radius 1 is 1.20 bits per heavy atom. The topological polar surface area (TPSA) is 72.7 Å². The summed E-state index contributed by atoms with van der Waals surface area (Å²) in [4.78, 5) is 29.2. The van der Waals surface area contributed by atoms with Crippen molar-refractivity contribution in [3.63, 3.8) is 0 Å². The van der Waals surface area contributed by atoms with Gasteiger partial charge in [-0.3, -0.25) is 14.0 Å². The first-order chi connectivity index (χ1) is 12.1. The number of aromatic nitrogens is 2. The summed E-state index contributed by atoms with van der Waals surface area (Å²) in [6.07, 6.45) is 1.80. The molecule has 128 valence electrons. The number of carbonyl (C=O) groups excluding carboxylic acids is 1. The molecule has 1 N–H and O–H groups in total. The maximum absolute atomic E-state index is 12.5. The molecule has 1 amide bonds. The van der Waals surface area contributed by atoms with Crippen LogP contribution in [0.4, 0.5) is 5.69 Å². The number of nitrogens with one attached hydrogen (secondary N) is 1. The van der Waals surface area contributed by atoms with Gasteiger partial charge in [0.2, 0.25) is 5.91 Å². The zero-order chi connectivity index (χ0) is 17.8. The molecule has 25 heavy (non-hydrogen) atoms. The second kappa shape index (κ2) is 7.17. The molecule has 0 aliphatic carbocycles. The van der Waals surface area contributed by atoms with E-state index in [1.165, 1.54) is 4.40 Å². The monoisotopic (exact) mass is 337 g/mol. The third-order valence-electron chi connectivity index (χ3n) is 3.78. The van der Waals surface area contributed by atoms with Crippen LogP contribution < -0.4 is 15.6 Å². The largest absolute Gasteiger partial charge is 0.494 e. The van der Waals surface area contributed by atoms with Crippen LogP contribution in [0.1, 0.15) is 18.2 Å². The van der Waals surface area contributed by atoms with Gasteiger partial charge >= 0.3 is 0 Å². The smallest absolute Gasteiger partial charge is 0.281 e. The van der Waals surface area contributed by atoms with Crippen molar-refractivity contribution in [3.8, 4) is 5.75 Å². The van der Waals surface area contributed by atoms with Gasteiger partial charge in [-0.15, -0.1) is 0 Å². The molecule has 0 aliphatic heterocycles. The highest BCUT2D eigenvalue weighted by molar-refractivity contribution is 5.92.